The van der Waals surface area contributed by atoms with Crippen LogP contribution in [0.25, 0.3) is 0 Å². The molecule has 0 saturated carbocycles. The predicted molar refractivity (Wildman–Crippen MR) is 59.1 cm³/mol. The number of likely N-dealkylation sites (tertiary alicyclic amines) is 1. The lowest BCUT2D eigenvalue weighted by molar-refractivity contribution is 0.314. The third kappa shape index (κ3) is 2.39. The zero-order valence-corrected chi connectivity index (χ0v) is 9.34. The highest BCUT2D eigenvalue weighted by molar-refractivity contribution is 5.19. The minimum absolute atomic E-state index is 0.441. The number of hydrogen-bond donors (Lipinski definition) is 1. The number of nitrogens with zero attached hydrogens (tertiary/aromatic N) is 1. The van der Waals surface area contributed by atoms with Gasteiger partial charge in [0.15, 0.2) is 11.6 Å². The Labute approximate surface area is 94.3 Å². The Balaban J connectivity index is 2.02. The van der Waals surface area contributed by atoms with Crippen LogP contribution < -0.4 is 5.32 Å². The topological polar surface area (TPSA) is 15.3 Å². The van der Waals surface area contributed by atoms with Gasteiger partial charge in [-0.25, -0.2) is 8.78 Å². The van der Waals surface area contributed by atoms with E-state index in [1.54, 1.807) is 12.1 Å². The van der Waals surface area contributed by atoms with E-state index >= 15 is 0 Å². The van der Waals surface area contributed by atoms with Crippen LogP contribution in [-0.4, -0.2) is 31.1 Å². The second-order valence-corrected chi connectivity index (χ2v) is 4.22. The minimum Gasteiger partial charge on any atom is -0.316 e. The summed E-state index contributed by atoms with van der Waals surface area (Å²) in [6, 6.07) is 4.82. The van der Waals surface area contributed by atoms with E-state index in [9.17, 15) is 8.78 Å². The minimum atomic E-state index is -0.762. The smallest absolute Gasteiger partial charge is 0.163 e. The van der Waals surface area contributed by atoms with E-state index in [-0.39, 0.29) is 0 Å². The van der Waals surface area contributed by atoms with E-state index in [0.717, 1.165) is 25.6 Å². The summed E-state index contributed by atoms with van der Waals surface area (Å²) < 4.78 is 26.4. The molecule has 1 aliphatic rings. The van der Waals surface area contributed by atoms with Gasteiger partial charge in [0.2, 0.25) is 0 Å². The molecule has 0 spiro atoms. The van der Waals surface area contributed by atoms with Gasteiger partial charge in [0.05, 0.1) is 0 Å². The molecule has 1 unspecified atom stereocenters. The lowest BCUT2D eigenvalue weighted by atomic mass is 10.2. The Hall–Kier alpha value is -1.00. The third-order valence-electron chi connectivity index (χ3n) is 3.11. The maximum absolute atomic E-state index is 13.4. The zero-order valence-electron chi connectivity index (χ0n) is 9.34. The Morgan fingerprint density at radius 3 is 2.94 bits per heavy atom. The van der Waals surface area contributed by atoms with Crippen LogP contribution in [0.3, 0.4) is 0 Å². The fraction of sp³-hybridized carbons (Fsp3) is 0.500. The van der Waals surface area contributed by atoms with Crippen LogP contribution in [0.2, 0.25) is 0 Å². The standard InChI is InChI=1S/C12H16F2N2/c1-15-10-5-6-16(8-10)7-9-3-2-4-11(13)12(9)14/h2-4,10,15H,5-8H2,1H3. The summed E-state index contributed by atoms with van der Waals surface area (Å²) in [4.78, 5) is 2.14. The molecule has 0 amide bonds. The molecule has 0 radical (unpaired) electrons. The van der Waals surface area contributed by atoms with Crippen LogP contribution in [0.4, 0.5) is 8.78 Å². The summed E-state index contributed by atoms with van der Waals surface area (Å²) in [7, 11) is 1.93. The van der Waals surface area contributed by atoms with E-state index in [1.807, 2.05) is 7.05 Å². The van der Waals surface area contributed by atoms with Crippen molar-refractivity contribution in [3.63, 3.8) is 0 Å². The predicted octanol–water partition coefficient (Wildman–Crippen LogP) is 1.76. The van der Waals surface area contributed by atoms with E-state index in [2.05, 4.69) is 10.2 Å². The molecule has 1 atom stereocenters. The van der Waals surface area contributed by atoms with Gasteiger partial charge in [0.25, 0.3) is 0 Å². The number of likely N-dealkylation sites (N-methyl/N-ethyl adjacent to an activating group) is 1. The summed E-state index contributed by atoms with van der Waals surface area (Å²) in [6.45, 7) is 2.32. The summed E-state index contributed by atoms with van der Waals surface area (Å²) in [5.74, 6) is -1.47. The van der Waals surface area contributed by atoms with Gasteiger partial charge >= 0.3 is 0 Å². The first-order valence-electron chi connectivity index (χ1n) is 5.53. The zero-order chi connectivity index (χ0) is 11.5. The van der Waals surface area contributed by atoms with Gasteiger partial charge in [-0.05, 0) is 19.5 Å². The molecule has 1 aromatic rings. The first-order valence-corrected chi connectivity index (χ1v) is 5.53. The van der Waals surface area contributed by atoms with Crippen molar-refractivity contribution in [3.05, 3.63) is 35.4 Å². The Kier molecular flexibility index (Phi) is 3.51. The lowest BCUT2D eigenvalue weighted by Crippen LogP contribution is -2.29. The van der Waals surface area contributed by atoms with Crippen LogP contribution in [0.5, 0.6) is 0 Å². The molecule has 0 bridgehead atoms. The Morgan fingerprint density at radius 2 is 2.25 bits per heavy atom. The van der Waals surface area contributed by atoms with Gasteiger partial charge < -0.3 is 5.32 Å². The summed E-state index contributed by atoms with van der Waals surface area (Å²) in [6.07, 6.45) is 1.06. The van der Waals surface area contributed by atoms with Crippen molar-refractivity contribution in [3.8, 4) is 0 Å². The van der Waals surface area contributed by atoms with Crippen molar-refractivity contribution in [2.45, 2.75) is 19.0 Å². The summed E-state index contributed by atoms with van der Waals surface area (Å²) in [5.41, 5.74) is 0.441. The molecule has 1 heterocycles. The Morgan fingerprint density at radius 1 is 1.44 bits per heavy atom. The molecule has 1 N–H and O–H groups in total. The van der Waals surface area contributed by atoms with Crippen LogP contribution in [0.1, 0.15) is 12.0 Å². The van der Waals surface area contributed by atoms with Crippen molar-refractivity contribution in [2.24, 2.45) is 0 Å². The molecule has 2 nitrogen and oxygen atoms in total. The maximum Gasteiger partial charge on any atom is 0.163 e. The molecular formula is C12H16F2N2. The van der Waals surface area contributed by atoms with E-state index in [0.29, 0.717) is 18.2 Å². The number of halogens is 2. The van der Waals surface area contributed by atoms with Crippen LogP contribution in [0, 0.1) is 11.6 Å². The Bertz CT molecular complexity index is 368. The van der Waals surface area contributed by atoms with Crippen LogP contribution in [-0.2, 0) is 6.54 Å². The molecule has 4 heteroatoms. The van der Waals surface area contributed by atoms with Gasteiger partial charge in [0, 0.05) is 31.2 Å². The highest BCUT2D eigenvalue weighted by Gasteiger charge is 2.22. The van der Waals surface area contributed by atoms with E-state index in [4.69, 9.17) is 0 Å². The second kappa shape index (κ2) is 4.89. The van der Waals surface area contributed by atoms with Crippen molar-refractivity contribution < 1.29 is 8.78 Å². The highest BCUT2D eigenvalue weighted by Crippen LogP contribution is 2.17. The molecule has 1 saturated heterocycles. The highest BCUT2D eigenvalue weighted by atomic mass is 19.2. The van der Waals surface area contributed by atoms with Crippen molar-refractivity contribution in [1.82, 2.24) is 10.2 Å². The largest absolute Gasteiger partial charge is 0.316 e. The molecule has 0 aromatic heterocycles. The fourth-order valence-electron chi connectivity index (χ4n) is 2.12. The van der Waals surface area contributed by atoms with Crippen LogP contribution in [0.15, 0.2) is 18.2 Å². The lowest BCUT2D eigenvalue weighted by Gasteiger charge is -2.16. The number of hydrogen-bond acceptors (Lipinski definition) is 2. The third-order valence-corrected chi connectivity index (χ3v) is 3.11. The molecular weight excluding hydrogens is 210 g/mol. The normalized spacial score (nSPS) is 21.6. The molecule has 88 valence electrons. The summed E-state index contributed by atoms with van der Waals surface area (Å²) in [5, 5.41) is 3.20. The average Bonchev–Trinajstić information content (AvgIpc) is 2.73. The van der Waals surface area contributed by atoms with Crippen LogP contribution >= 0.6 is 0 Å². The molecule has 1 aromatic carbocycles. The van der Waals surface area contributed by atoms with Gasteiger partial charge in [-0.2, -0.15) is 0 Å². The van der Waals surface area contributed by atoms with Gasteiger partial charge in [-0.1, -0.05) is 12.1 Å². The van der Waals surface area contributed by atoms with E-state index in [1.165, 1.54) is 0 Å². The van der Waals surface area contributed by atoms with E-state index < -0.39 is 11.6 Å². The molecule has 1 aliphatic heterocycles. The first kappa shape index (κ1) is 11.5. The SMILES string of the molecule is CNC1CCN(Cc2cccc(F)c2F)C1. The average molecular weight is 226 g/mol. The number of nitrogens with one attached hydrogen (secondary N) is 1. The van der Waals surface area contributed by atoms with Crippen molar-refractivity contribution in [2.75, 3.05) is 20.1 Å². The molecule has 1 fully saturated rings. The fourth-order valence-corrected chi connectivity index (χ4v) is 2.12. The molecule has 2 rings (SSSR count). The van der Waals surface area contributed by atoms with Gasteiger partial charge in [-0.3, -0.25) is 4.90 Å². The maximum atomic E-state index is 13.4. The number of rotatable bonds is 3. The first-order chi connectivity index (χ1) is 7.70. The quantitative estimate of drug-likeness (QED) is 0.844. The molecule has 0 aliphatic carbocycles. The number of benzene rings is 1. The van der Waals surface area contributed by atoms with Gasteiger partial charge in [-0.15, -0.1) is 0 Å². The van der Waals surface area contributed by atoms with Gasteiger partial charge in [0.1, 0.15) is 0 Å². The van der Waals surface area contributed by atoms with Crippen molar-refractivity contribution in [1.29, 1.82) is 0 Å². The summed E-state index contributed by atoms with van der Waals surface area (Å²) >= 11 is 0. The second-order valence-electron chi connectivity index (χ2n) is 4.22. The van der Waals surface area contributed by atoms with Crippen molar-refractivity contribution >= 4 is 0 Å². The molecule has 16 heavy (non-hydrogen) atoms. The monoisotopic (exact) mass is 226 g/mol.